The van der Waals surface area contributed by atoms with E-state index in [4.69, 9.17) is 5.11 Å². The first-order valence-corrected chi connectivity index (χ1v) is 5.33. The van der Waals surface area contributed by atoms with E-state index in [0.29, 0.717) is 13.0 Å². The SMILES string of the molecule is C[C@@H](CCO)CNc1cc(F)ccc1[N+](=O)[O-]. The van der Waals surface area contributed by atoms with Crippen LogP contribution in [-0.2, 0) is 0 Å². The zero-order valence-electron chi connectivity index (χ0n) is 9.52. The van der Waals surface area contributed by atoms with E-state index < -0.39 is 10.7 Å². The number of rotatable bonds is 6. The van der Waals surface area contributed by atoms with Crippen LogP contribution in [0, 0.1) is 21.8 Å². The van der Waals surface area contributed by atoms with E-state index in [1.165, 1.54) is 0 Å². The van der Waals surface area contributed by atoms with Crippen molar-refractivity contribution in [1.29, 1.82) is 0 Å². The van der Waals surface area contributed by atoms with E-state index >= 15 is 0 Å². The highest BCUT2D eigenvalue weighted by Gasteiger charge is 2.14. The lowest BCUT2D eigenvalue weighted by molar-refractivity contribution is -0.384. The van der Waals surface area contributed by atoms with Gasteiger partial charge in [0.2, 0.25) is 0 Å². The molecule has 0 spiro atoms. The van der Waals surface area contributed by atoms with E-state index in [9.17, 15) is 14.5 Å². The standard InChI is InChI=1S/C11H15FN2O3/c1-8(4-5-15)7-13-10-6-9(12)2-3-11(10)14(16)17/h2-3,6,8,13,15H,4-5,7H2,1H3/t8-/m0/s1. The molecule has 0 amide bonds. The van der Waals surface area contributed by atoms with Crippen LogP contribution in [0.1, 0.15) is 13.3 Å². The fourth-order valence-corrected chi connectivity index (χ4v) is 1.42. The monoisotopic (exact) mass is 242 g/mol. The molecule has 5 nitrogen and oxygen atoms in total. The molecule has 0 aliphatic carbocycles. The molecule has 0 aliphatic rings. The van der Waals surface area contributed by atoms with Gasteiger partial charge in [-0.2, -0.15) is 0 Å². The smallest absolute Gasteiger partial charge is 0.292 e. The first-order chi connectivity index (χ1) is 8.04. The largest absolute Gasteiger partial charge is 0.396 e. The minimum Gasteiger partial charge on any atom is -0.396 e. The lowest BCUT2D eigenvalue weighted by atomic mass is 10.1. The van der Waals surface area contributed by atoms with Crippen LogP contribution in [0.3, 0.4) is 0 Å². The predicted molar refractivity (Wildman–Crippen MR) is 62.4 cm³/mol. The Labute approximate surface area is 98.4 Å². The lowest BCUT2D eigenvalue weighted by Crippen LogP contribution is -2.13. The Hall–Kier alpha value is -1.69. The summed E-state index contributed by atoms with van der Waals surface area (Å²) in [4.78, 5) is 10.1. The third-order valence-electron chi connectivity index (χ3n) is 2.42. The summed E-state index contributed by atoms with van der Waals surface area (Å²) in [5.74, 6) is -0.365. The molecule has 0 bridgehead atoms. The molecule has 1 atom stereocenters. The van der Waals surface area contributed by atoms with Crippen molar-refractivity contribution in [3.63, 3.8) is 0 Å². The Morgan fingerprint density at radius 2 is 2.29 bits per heavy atom. The highest BCUT2D eigenvalue weighted by Crippen LogP contribution is 2.25. The summed E-state index contributed by atoms with van der Waals surface area (Å²) in [6.07, 6.45) is 0.593. The molecule has 6 heteroatoms. The number of anilines is 1. The van der Waals surface area contributed by atoms with Gasteiger partial charge in [0.05, 0.1) is 4.92 Å². The van der Waals surface area contributed by atoms with Gasteiger partial charge in [-0.15, -0.1) is 0 Å². The molecule has 2 N–H and O–H groups in total. The maximum Gasteiger partial charge on any atom is 0.292 e. The topological polar surface area (TPSA) is 75.4 Å². The Kier molecular flexibility index (Phi) is 4.84. The average molecular weight is 242 g/mol. The van der Waals surface area contributed by atoms with Crippen LogP contribution in [0.5, 0.6) is 0 Å². The molecule has 0 radical (unpaired) electrons. The number of hydrogen-bond donors (Lipinski definition) is 2. The molecule has 0 fully saturated rings. The zero-order valence-corrected chi connectivity index (χ0v) is 9.52. The fraction of sp³-hybridized carbons (Fsp3) is 0.455. The van der Waals surface area contributed by atoms with Crippen molar-refractivity contribution < 1.29 is 14.4 Å². The van der Waals surface area contributed by atoms with Gasteiger partial charge in [0.15, 0.2) is 0 Å². The molecular weight excluding hydrogens is 227 g/mol. The van der Waals surface area contributed by atoms with Crippen molar-refractivity contribution >= 4 is 11.4 Å². The van der Waals surface area contributed by atoms with E-state index in [0.717, 1.165) is 18.2 Å². The Morgan fingerprint density at radius 3 is 2.88 bits per heavy atom. The summed E-state index contributed by atoms with van der Waals surface area (Å²) in [6, 6.07) is 3.29. The molecule has 0 heterocycles. The first-order valence-electron chi connectivity index (χ1n) is 5.33. The molecule has 94 valence electrons. The lowest BCUT2D eigenvalue weighted by Gasteiger charge is -2.12. The highest BCUT2D eigenvalue weighted by molar-refractivity contribution is 5.61. The molecular formula is C11H15FN2O3. The summed E-state index contributed by atoms with van der Waals surface area (Å²) in [5.41, 5.74) is 0.0161. The summed E-state index contributed by atoms with van der Waals surface area (Å²) in [7, 11) is 0. The number of benzene rings is 1. The van der Waals surface area contributed by atoms with Crippen molar-refractivity contribution in [2.24, 2.45) is 5.92 Å². The maximum atomic E-state index is 13.0. The Bertz CT molecular complexity index is 398. The second-order valence-electron chi connectivity index (χ2n) is 3.92. The Morgan fingerprint density at radius 1 is 1.59 bits per heavy atom. The number of nitrogens with one attached hydrogen (secondary N) is 1. The maximum absolute atomic E-state index is 13.0. The van der Waals surface area contributed by atoms with Crippen molar-refractivity contribution in [1.82, 2.24) is 0 Å². The fourth-order valence-electron chi connectivity index (χ4n) is 1.42. The summed E-state index contributed by atoms with van der Waals surface area (Å²) >= 11 is 0. The highest BCUT2D eigenvalue weighted by atomic mass is 19.1. The van der Waals surface area contributed by atoms with Gasteiger partial charge in [0, 0.05) is 25.3 Å². The van der Waals surface area contributed by atoms with Crippen LogP contribution in [0.2, 0.25) is 0 Å². The molecule has 0 saturated carbocycles. The van der Waals surface area contributed by atoms with Gasteiger partial charge >= 0.3 is 0 Å². The quantitative estimate of drug-likeness (QED) is 0.592. The number of hydrogen-bond acceptors (Lipinski definition) is 4. The summed E-state index contributed by atoms with van der Waals surface area (Å²) < 4.78 is 13.0. The normalized spacial score (nSPS) is 12.2. The number of nitro groups is 1. The van der Waals surface area contributed by atoms with Crippen LogP contribution in [0.4, 0.5) is 15.8 Å². The molecule has 1 aromatic rings. The van der Waals surface area contributed by atoms with E-state index in [1.54, 1.807) is 0 Å². The molecule has 0 aliphatic heterocycles. The van der Waals surface area contributed by atoms with Crippen molar-refractivity contribution in [3.05, 3.63) is 34.1 Å². The van der Waals surface area contributed by atoms with Crippen LogP contribution in [-0.4, -0.2) is 23.2 Å². The van der Waals surface area contributed by atoms with Crippen LogP contribution in [0.25, 0.3) is 0 Å². The minimum atomic E-state index is -0.557. The van der Waals surface area contributed by atoms with Gasteiger partial charge in [0.1, 0.15) is 11.5 Å². The van der Waals surface area contributed by atoms with Gasteiger partial charge in [-0.05, 0) is 18.4 Å². The van der Waals surface area contributed by atoms with Crippen LogP contribution in [0.15, 0.2) is 18.2 Å². The zero-order chi connectivity index (χ0) is 12.8. The molecule has 0 unspecified atom stereocenters. The van der Waals surface area contributed by atoms with E-state index in [-0.39, 0.29) is 23.9 Å². The molecule has 17 heavy (non-hydrogen) atoms. The van der Waals surface area contributed by atoms with Crippen LogP contribution >= 0.6 is 0 Å². The predicted octanol–water partition coefficient (Wildman–Crippen LogP) is 2.16. The van der Waals surface area contributed by atoms with Crippen molar-refractivity contribution in [2.45, 2.75) is 13.3 Å². The number of nitro benzene ring substituents is 1. The van der Waals surface area contributed by atoms with Gasteiger partial charge in [-0.1, -0.05) is 6.92 Å². The molecule has 1 aromatic carbocycles. The second kappa shape index (κ2) is 6.15. The van der Waals surface area contributed by atoms with Crippen molar-refractivity contribution in [2.75, 3.05) is 18.5 Å². The molecule has 0 aromatic heterocycles. The molecule has 0 saturated heterocycles. The number of nitrogens with zero attached hydrogens (tertiary/aromatic N) is 1. The van der Waals surface area contributed by atoms with Crippen molar-refractivity contribution in [3.8, 4) is 0 Å². The van der Waals surface area contributed by atoms with Gasteiger partial charge in [0.25, 0.3) is 5.69 Å². The van der Waals surface area contributed by atoms with E-state index in [2.05, 4.69) is 5.32 Å². The summed E-state index contributed by atoms with van der Waals surface area (Å²) in [6.45, 7) is 2.41. The summed E-state index contributed by atoms with van der Waals surface area (Å²) in [5, 5.41) is 22.3. The average Bonchev–Trinajstić information content (AvgIpc) is 2.26. The number of halogens is 1. The minimum absolute atomic E-state index is 0.0636. The van der Waals surface area contributed by atoms with E-state index in [1.807, 2.05) is 6.92 Å². The van der Waals surface area contributed by atoms with Crippen LogP contribution < -0.4 is 5.32 Å². The number of aliphatic hydroxyl groups excluding tert-OH is 1. The van der Waals surface area contributed by atoms with Gasteiger partial charge in [-0.3, -0.25) is 10.1 Å². The third-order valence-corrected chi connectivity index (χ3v) is 2.42. The second-order valence-corrected chi connectivity index (χ2v) is 3.92. The first kappa shape index (κ1) is 13.4. The Balaban J connectivity index is 2.75. The number of aliphatic hydroxyl groups is 1. The van der Waals surface area contributed by atoms with Gasteiger partial charge in [-0.25, -0.2) is 4.39 Å². The third kappa shape index (κ3) is 3.99. The molecule has 1 rings (SSSR count). The van der Waals surface area contributed by atoms with Gasteiger partial charge < -0.3 is 10.4 Å².